The molecule has 1 N–H and O–H groups in total. The van der Waals surface area contributed by atoms with Gasteiger partial charge in [-0.3, -0.25) is 0 Å². The smallest absolute Gasteiger partial charge is 0.356 e. The maximum Gasteiger partial charge on any atom is 0.356 e. The Hall–Kier alpha value is -1.81. The van der Waals surface area contributed by atoms with Crippen LogP contribution in [-0.2, 0) is 4.84 Å². The first kappa shape index (κ1) is 12.2. The average Bonchev–Trinajstić information content (AvgIpc) is 3.31. The van der Waals surface area contributed by atoms with Gasteiger partial charge in [0.2, 0.25) is 0 Å². The molecule has 0 amide bonds. The molecule has 4 heteroatoms. The monoisotopic (exact) mass is 258 g/mol. The number of nitrogens with one attached hydrogen (secondary N) is 1. The van der Waals surface area contributed by atoms with Crippen LogP contribution in [0.5, 0.6) is 0 Å². The van der Waals surface area contributed by atoms with Gasteiger partial charge >= 0.3 is 5.97 Å². The molecule has 1 atom stereocenters. The second-order valence-electron chi connectivity index (χ2n) is 5.06. The number of piperidine rings is 1. The molecule has 1 heterocycles. The summed E-state index contributed by atoms with van der Waals surface area (Å²) in [7, 11) is 0. The van der Waals surface area contributed by atoms with Crippen molar-refractivity contribution >= 4 is 5.97 Å². The zero-order chi connectivity index (χ0) is 13.1. The molecule has 1 aliphatic heterocycles. The molecule has 0 saturated carbocycles. The van der Waals surface area contributed by atoms with E-state index in [2.05, 4.69) is 16.5 Å². The van der Waals surface area contributed by atoms with Crippen LogP contribution in [0.1, 0.15) is 29.6 Å². The van der Waals surface area contributed by atoms with Gasteiger partial charge in [-0.25, -0.2) is 4.79 Å². The van der Waals surface area contributed by atoms with Crippen molar-refractivity contribution in [1.82, 2.24) is 10.4 Å². The quantitative estimate of drug-likeness (QED) is 0.840. The summed E-state index contributed by atoms with van der Waals surface area (Å²) in [4.78, 5) is 19.4. The molecule has 1 aromatic carbocycles. The van der Waals surface area contributed by atoms with E-state index < -0.39 is 0 Å². The Labute approximate surface area is 113 Å². The molecule has 2 aliphatic rings. The van der Waals surface area contributed by atoms with Crippen molar-refractivity contribution in [2.24, 2.45) is 0 Å². The molecule has 1 aliphatic carbocycles. The highest BCUT2D eigenvalue weighted by Gasteiger charge is 2.25. The third kappa shape index (κ3) is 3.15. The number of benzene rings is 1. The average molecular weight is 258 g/mol. The number of hydrogen-bond acceptors (Lipinski definition) is 4. The highest BCUT2D eigenvalue weighted by molar-refractivity contribution is 5.89. The van der Waals surface area contributed by atoms with Crippen molar-refractivity contribution in [1.29, 1.82) is 0 Å². The fourth-order valence-electron chi connectivity index (χ4n) is 2.41. The van der Waals surface area contributed by atoms with Gasteiger partial charge in [0, 0.05) is 25.2 Å². The molecule has 3 rings (SSSR count). The SMILES string of the molecule is O=C(ON[C@H]1CCCN(C2=CC2)C1)c1ccccc1. The lowest BCUT2D eigenvalue weighted by molar-refractivity contribution is 0.00757. The van der Waals surface area contributed by atoms with Crippen LogP contribution in [0.4, 0.5) is 0 Å². The summed E-state index contributed by atoms with van der Waals surface area (Å²) < 4.78 is 0. The molecular formula is C15H18N2O2. The lowest BCUT2D eigenvalue weighted by Gasteiger charge is -2.32. The van der Waals surface area contributed by atoms with E-state index in [0.29, 0.717) is 5.56 Å². The largest absolute Gasteiger partial charge is 0.373 e. The Kier molecular flexibility index (Phi) is 3.51. The number of likely N-dealkylation sites (tertiary alicyclic amines) is 1. The van der Waals surface area contributed by atoms with Crippen molar-refractivity contribution in [3.63, 3.8) is 0 Å². The summed E-state index contributed by atoms with van der Waals surface area (Å²) in [6, 6.07) is 9.28. The van der Waals surface area contributed by atoms with Crippen molar-refractivity contribution in [3.05, 3.63) is 47.7 Å². The summed E-state index contributed by atoms with van der Waals surface area (Å²) in [5.41, 5.74) is 4.92. The third-order valence-corrected chi connectivity index (χ3v) is 3.54. The van der Waals surface area contributed by atoms with Crippen molar-refractivity contribution in [3.8, 4) is 0 Å². The molecule has 1 fully saturated rings. The van der Waals surface area contributed by atoms with Crippen LogP contribution in [0.15, 0.2) is 42.1 Å². The van der Waals surface area contributed by atoms with Crippen LogP contribution in [0.25, 0.3) is 0 Å². The molecule has 4 nitrogen and oxygen atoms in total. The minimum Gasteiger partial charge on any atom is -0.373 e. The minimum absolute atomic E-state index is 0.225. The lowest BCUT2D eigenvalue weighted by Crippen LogP contribution is -2.44. The van der Waals surface area contributed by atoms with E-state index in [1.54, 1.807) is 12.1 Å². The van der Waals surface area contributed by atoms with Gasteiger partial charge in [0.1, 0.15) is 0 Å². The number of nitrogens with zero attached hydrogens (tertiary/aromatic N) is 1. The summed E-state index contributed by atoms with van der Waals surface area (Å²) in [5.74, 6) is -0.316. The van der Waals surface area contributed by atoms with E-state index in [9.17, 15) is 4.79 Å². The molecule has 0 unspecified atom stereocenters. The zero-order valence-electron chi connectivity index (χ0n) is 10.8. The summed E-state index contributed by atoms with van der Waals surface area (Å²) in [5, 5.41) is 0. The minimum atomic E-state index is -0.316. The van der Waals surface area contributed by atoms with E-state index in [0.717, 1.165) is 32.4 Å². The predicted molar refractivity (Wildman–Crippen MR) is 72.3 cm³/mol. The molecule has 0 aromatic heterocycles. The van der Waals surface area contributed by atoms with Gasteiger partial charge in [-0.1, -0.05) is 24.3 Å². The fraction of sp³-hybridized carbons (Fsp3) is 0.400. The predicted octanol–water partition coefficient (Wildman–Crippen LogP) is 2.10. The van der Waals surface area contributed by atoms with Gasteiger partial charge in [0.15, 0.2) is 0 Å². The van der Waals surface area contributed by atoms with E-state index in [1.165, 1.54) is 5.70 Å². The van der Waals surface area contributed by atoms with Crippen LogP contribution in [0.3, 0.4) is 0 Å². The van der Waals surface area contributed by atoms with Crippen LogP contribution >= 0.6 is 0 Å². The Morgan fingerprint density at radius 1 is 1.32 bits per heavy atom. The zero-order valence-corrected chi connectivity index (χ0v) is 10.8. The van der Waals surface area contributed by atoms with Gasteiger partial charge in [0.25, 0.3) is 0 Å². The summed E-state index contributed by atoms with van der Waals surface area (Å²) >= 11 is 0. The van der Waals surface area contributed by atoms with Crippen molar-refractivity contribution in [2.75, 3.05) is 13.1 Å². The number of carbonyl (C=O) groups excluding carboxylic acids is 1. The number of carbonyl (C=O) groups is 1. The first-order valence-corrected chi connectivity index (χ1v) is 6.78. The summed E-state index contributed by atoms with van der Waals surface area (Å²) in [6.07, 6.45) is 5.54. The Morgan fingerprint density at radius 2 is 2.11 bits per heavy atom. The molecule has 100 valence electrons. The number of hydroxylamine groups is 1. The molecule has 0 radical (unpaired) electrons. The van der Waals surface area contributed by atoms with E-state index in [1.807, 2.05) is 18.2 Å². The Balaban J connectivity index is 1.49. The van der Waals surface area contributed by atoms with Crippen LogP contribution in [0, 0.1) is 0 Å². The maximum absolute atomic E-state index is 11.8. The topological polar surface area (TPSA) is 41.6 Å². The molecule has 0 spiro atoms. The van der Waals surface area contributed by atoms with Crippen LogP contribution in [0.2, 0.25) is 0 Å². The Morgan fingerprint density at radius 3 is 2.84 bits per heavy atom. The first-order valence-electron chi connectivity index (χ1n) is 6.78. The van der Waals surface area contributed by atoms with Crippen molar-refractivity contribution < 1.29 is 9.63 Å². The highest BCUT2D eigenvalue weighted by atomic mass is 16.7. The third-order valence-electron chi connectivity index (χ3n) is 3.54. The molecule has 1 aromatic rings. The number of rotatable bonds is 4. The molecule has 0 bridgehead atoms. The van der Waals surface area contributed by atoms with Gasteiger partial charge in [-0.15, -0.1) is 5.48 Å². The van der Waals surface area contributed by atoms with Crippen molar-refractivity contribution in [2.45, 2.75) is 25.3 Å². The fourth-order valence-corrected chi connectivity index (χ4v) is 2.41. The molecular weight excluding hydrogens is 240 g/mol. The normalized spacial score (nSPS) is 21.8. The van der Waals surface area contributed by atoms with Gasteiger partial charge in [-0.05, 0) is 25.0 Å². The molecule has 19 heavy (non-hydrogen) atoms. The standard InChI is InChI=1S/C15H18N2O2/c18-15(12-5-2-1-3-6-12)19-16-13-7-4-10-17(11-13)14-8-9-14/h1-3,5-6,8,13,16H,4,7,9-11H2/t13-/m0/s1. The van der Waals surface area contributed by atoms with Gasteiger partial charge in [0.05, 0.1) is 11.6 Å². The second kappa shape index (κ2) is 5.45. The first-order chi connectivity index (χ1) is 9.33. The number of hydrogen-bond donors (Lipinski definition) is 1. The van der Waals surface area contributed by atoms with Crippen LogP contribution in [-0.4, -0.2) is 30.0 Å². The Bertz CT molecular complexity index is 484. The van der Waals surface area contributed by atoms with Gasteiger partial charge in [-0.2, -0.15) is 0 Å². The second-order valence-corrected chi connectivity index (χ2v) is 5.06. The van der Waals surface area contributed by atoms with Gasteiger partial charge < -0.3 is 9.74 Å². The lowest BCUT2D eigenvalue weighted by atomic mass is 10.1. The highest BCUT2D eigenvalue weighted by Crippen LogP contribution is 2.26. The summed E-state index contributed by atoms with van der Waals surface area (Å²) in [6.45, 7) is 2.05. The number of allylic oxidation sites excluding steroid dienone is 2. The maximum atomic E-state index is 11.8. The molecule has 1 saturated heterocycles. The van der Waals surface area contributed by atoms with E-state index >= 15 is 0 Å². The van der Waals surface area contributed by atoms with E-state index in [4.69, 9.17) is 4.84 Å². The van der Waals surface area contributed by atoms with Crippen LogP contribution < -0.4 is 5.48 Å². The van der Waals surface area contributed by atoms with E-state index in [-0.39, 0.29) is 12.0 Å².